The van der Waals surface area contributed by atoms with E-state index in [2.05, 4.69) is 36.2 Å². The molecule has 0 atom stereocenters. The number of aromatic amines is 1. The van der Waals surface area contributed by atoms with Gasteiger partial charge in [0.25, 0.3) is 0 Å². The molecule has 0 saturated heterocycles. The van der Waals surface area contributed by atoms with Crippen molar-refractivity contribution in [3.63, 3.8) is 0 Å². The second-order valence-electron chi connectivity index (χ2n) is 5.23. The lowest BCUT2D eigenvalue weighted by molar-refractivity contribution is 0.112. The average molecular weight is 272 g/mol. The summed E-state index contributed by atoms with van der Waals surface area (Å²) in [5, 5.41) is 7.08. The van der Waals surface area contributed by atoms with Crippen LogP contribution in [0.25, 0.3) is 0 Å². The fourth-order valence-electron chi connectivity index (χ4n) is 2.26. The Labute approximate surface area is 119 Å². The van der Waals surface area contributed by atoms with Gasteiger partial charge in [0.05, 0.1) is 18.4 Å². The molecule has 2 rings (SSSR count). The van der Waals surface area contributed by atoms with Gasteiger partial charge < -0.3 is 4.74 Å². The Kier molecular flexibility index (Phi) is 4.23. The van der Waals surface area contributed by atoms with Gasteiger partial charge in [-0.15, -0.1) is 0 Å². The van der Waals surface area contributed by atoms with Crippen LogP contribution < -0.4 is 4.74 Å². The van der Waals surface area contributed by atoms with Crippen molar-refractivity contribution in [2.45, 2.75) is 33.1 Å². The molecule has 0 aliphatic rings. The molecule has 2 aromatic rings. The molecule has 1 heterocycles. The molecular weight excluding hydrogens is 252 g/mol. The molecule has 1 N–H and O–H groups in total. The Balaban J connectivity index is 2.40. The van der Waals surface area contributed by atoms with Crippen molar-refractivity contribution < 1.29 is 9.53 Å². The van der Waals surface area contributed by atoms with Crippen molar-refractivity contribution in [3.8, 4) is 5.75 Å². The van der Waals surface area contributed by atoms with Gasteiger partial charge in [0, 0.05) is 17.7 Å². The number of hydrogen-bond acceptors (Lipinski definition) is 3. The number of aromatic nitrogens is 2. The third-order valence-corrected chi connectivity index (χ3v) is 3.52. The van der Waals surface area contributed by atoms with E-state index in [1.165, 1.54) is 5.56 Å². The molecule has 0 unspecified atom stereocenters. The summed E-state index contributed by atoms with van der Waals surface area (Å²) in [5.41, 5.74) is 4.50. The van der Waals surface area contributed by atoms with Gasteiger partial charge >= 0.3 is 0 Å². The topological polar surface area (TPSA) is 55.0 Å². The molecule has 0 aliphatic heterocycles. The second kappa shape index (κ2) is 5.90. The maximum absolute atomic E-state index is 11.1. The summed E-state index contributed by atoms with van der Waals surface area (Å²) >= 11 is 0. The zero-order valence-electron chi connectivity index (χ0n) is 12.4. The lowest BCUT2D eigenvalue weighted by Gasteiger charge is -2.12. The van der Waals surface area contributed by atoms with Crippen LogP contribution >= 0.6 is 0 Å². The normalized spacial score (nSPS) is 10.8. The third-order valence-electron chi connectivity index (χ3n) is 3.52. The minimum Gasteiger partial charge on any atom is -0.496 e. The summed E-state index contributed by atoms with van der Waals surface area (Å²) in [6.07, 6.45) is 1.44. The van der Waals surface area contributed by atoms with E-state index in [1.54, 1.807) is 7.11 Å². The van der Waals surface area contributed by atoms with Crippen molar-refractivity contribution in [1.82, 2.24) is 10.2 Å². The molecule has 1 aromatic carbocycles. The molecule has 0 spiro atoms. The molecule has 0 bridgehead atoms. The largest absolute Gasteiger partial charge is 0.496 e. The quantitative estimate of drug-likeness (QED) is 0.850. The predicted molar refractivity (Wildman–Crippen MR) is 78.6 cm³/mol. The van der Waals surface area contributed by atoms with E-state index in [1.807, 2.05) is 13.0 Å². The fraction of sp³-hybridized carbons (Fsp3) is 0.375. The maximum Gasteiger partial charge on any atom is 0.153 e. The van der Waals surface area contributed by atoms with E-state index in [0.717, 1.165) is 29.0 Å². The number of rotatable bonds is 5. The number of H-pyrrole nitrogens is 1. The highest BCUT2D eigenvalue weighted by Crippen LogP contribution is 2.26. The number of nitrogens with one attached hydrogen (secondary N) is 1. The second-order valence-corrected chi connectivity index (χ2v) is 5.23. The van der Waals surface area contributed by atoms with Crippen LogP contribution in [0.5, 0.6) is 5.75 Å². The summed E-state index contributed by atoms with van der Waals surface area (Å²) in [4.78, 5) is 11.1. The summed E-state index contributed by atoms with van der Waals surface area (Å²) in [6.45, 7) is 6.16. The first-order chi connectivity index (χ1) is 9.56. The van der Waals surface area contributed by atoms with Crippen molar-refractivity contribution in [3.05, 3.63) is 46.3 Å². The predicted octanol–water partition coefficient (Wildman–Crippen LogP) is 3.25. The molecule has 4 nitrogen and oxygen atoms in total. The Bertz CT molecular complexity index is 615. The van der Waals surface area contributed by atoms with Crippen LogP contribution in [0.4, 0.5) is 0 Å². The minimum atomic E-state index is 0.450. The van der Waals surface area contributed by atoms with E-state index in [9.17, 15) is 4.79 Å². The number of aryl methyl sites for hydroxylation is 1. The van der Waals surface area contributed by atoms with Gasteiger partial charge in [0.1, 0.15) is 5.75 Å². The lowest BCUT2D eigenvalue weighted by atomic mass is 9.97. The number of nitrogens with zero attached hydrogens (tertiary/aromatic N) is 1. The van der Waals surface area contributed by atoms with Gasteiger partial charge in [-0.1, -0.05) is 26.0 Å². The third kappa shape index (κ3) is 2.74. The minimum absolute atomic E-state index is 0.450. The van der Waals surface area contributed by atoms with Gasteiger partial charge in [-0.2, -0.15) is 5.10 Å². The van der Waals surface area contributed by atoms with E-state index in [-0.39, 0.29) is 0 Å². The Morgan fingerprint density at radius 3 is 2.75 bits per heavy atom. The summed E-state index contributed by atoms with van der Waals surface area (Å²) in [6, 6.07) is 6.18. The average Bonchev–Trinajstić information content (AvgIpc) is 2.78. The molecule has 1 aromatic heterocycles. The summed E-state index contributed by atoms with van der Waals surface area (Å²) < 4.78 is 5.41. The Morgan fingerprint density at radius 2 is 2.15 bits per heavy atom. The van der Waals surface area contributed by atoms with E-state index in [4.69, 9.17) is 4.74 Å². The van der Waals surface area contributed by atoms with Gasteiger partial charge in [0.15, 0.2) is 6.29 Å². The van der Waals surface area contributed by atoms with Crippen molar-refractivity contribution in [2.75, 3.05) is 7.11 Å². The number of benzene rings is 1. The highest BCUT2D eigenvalue weighted by molar-refractivity contribution is 5.78. The molecule has 0 saturated carbocycles. The number of aldehydes is 1. The van der Waals surface area contributed by atoms with Crippen LogP contribution in [0, 0.1) is 6.92 Å². The van der Waals surface area contributed by atoms with Crippen LogP contribution in [-0.2, 0) is 6.42 Å². The van der Waals surface area contributed by atoms with Crippen LogP contribution in [0.1, 0.15) is 52.6 Å². The highest BCUT2D eigenvalue weighted by Gasteiger charge is 2.13. The smallest absolute Gasteiger partial charge is 0.153 e. The van der Waals surface area contributed by atoms with Gasteiger partial charge in [-0.05, 0) is 24.5 Å². The first-order valence-electron chi connectivity index (χ1n) is 6.72. The van der Waals surface area contributed by atoms with Crippen molar-refractivity contribution in [1.29, 1.82) is 0 Å². The first kappa shape index (κ1) is 14.3. The molecule has 0 amide bonds. The zero-order chi connectivity index (χ0) is 14.7. The summed E-state index contributed by atoms with van der Waals surface area (Å²) in [7, 11) is 1.66. The molecule has 0 fully saturated rings. The maximum atomic E-state index is 11.1. The molecule has 106 valence electrons. The van der Waals surface area contributed by atoms with Gasteiger partial charge in [-0.25, -0.2) is 0 Å². The molecule has 0 aliphatic carbocycles. The van der Waals surface area contributed by atoms with Crippen molar-refractivity contribution >= 4 is 6.29 Å². The van der Waals surface area contributed by atoms with Crippen molar-refractivity contribution in [2.24, 2.45) is 0 Å². The number of methoxy groups -OCH3 is 1. The van der Waals surface area contributed by atoms with Crippen LogP contribution in [0.15, 0.2) is 18.2 Å². The van der Waals surface area contributed by atoms with Crippen LogP contribution in [0.3, 0.4) is 0 Å². The fourth-order valence-corrected chi connectivity index (χ4v) is 2.26. The molecule has 20 heavy (non-hydrogen) atoms. The van der Waals surface area contributed by atoms with Gasteiger partial charge in [0.2, 0.25) is 0 Å². The Hall–Kier alpha value is -2.10. The zero-order valence-corrected chi connectivity index (χ0v) is 12.4. The number of carbonyl (C=O) groups excluding carboxylic acids is 1. The standard InChI is InChI=1S/C16H20N2O2/c1-10(2)12-5-6-16(20-4)13(7-12)8-15-14(9-19)11(3)17-18-15/h5-7,9-10H,8H2,1-4H3,(H,17,18). The summed E-state index contributed by atoms with van der Waals surface area (Å²) in [5.74, 6) is 1.28. The number of hydrogen-bond donors (Lipinski definition) is 1. The van der Waals surface area contributed by atoms with Gasteiger partial charge in [-0.3, -0.25) is 9.89 Å². The lowest BCUT2D eigenvalue weighted by Crippen LogP contribution is -1.99. The first-order valence-corrected chi connectivity index (χ1v) is 6.72. The molecule has 4 heteroatoms. The molecule has 0 radical (unpaired) electrons. The van der Waals surface area contributed by atoms with E-state index >= 15 is 0 Å². The van der Waals surface area contributed by atoms with Crippen LogP contribution in [0.2, 0.25) is 0 Å². The van der Waals surface area contributed by atoms with E-state index in [0.29, 0.717) is 17.9 Å². The monoisotopic (exact) mass is 272 g/mol. The molecular formula is C16H20N2O2. The Morgan fingerprint density at radius 1 is 1.40 bits per heavy atom. The number of ether oxygens (including phenoxy) is 1. The SMILES string of the molecule is COc1ccc(C(C)C)cc1Cc1n[nH]c(C)c1C=O. The van der Waals surface area contributed by atoms with E-state index < -0.39 is 0 Å². The van der Waals surface area contributed by atoms with Crippen LogP contribution in [-0.4, -0.2) is 23.6 Å². The highest BCUT2D eigenvalue weighted by atomic mass is 16.5. The number of carbonyl (C=O) groups is 1.